The first kappa shape index (κ1) is 46.6. The molecule has 0 aliphatic carbocycles. The normalized spacial score (nSPS) is 14.2. The second-order valence-corrected chi connectivity index (χ2v) is 20.3. The van der Waals surface area contributed by atoms with Crippen molar-refractivity contribution in [1.29, 1.82) is 0 Å². The van der Waals surface area contributed by atoms with Gasteiger partial charge in [0.15, 0.2) is 0 Å². The highest BCUT2D eigenvalue weighted by molar-refractivity contribution is 6.13. The Labute approximate surface area is 442 Å². The van der Waals surface area contributed by atoms with Crippen LogP contribution in [-0.2, 0) is 28.5 Å². The third-order valence-corrected chi connectivity index (χ3v) is 14.5. The Kier molecular flexibility index (Phi) is 11.3. The van der Waals surface area contributed by atoms with Crippen molar-refractivity contribution < 1.29 is 19.0 Å². The van der Waals surface area contributed by atoms with E-state index in [4.69, 9.17) is 15.0 Å². The Bertz CT molecular complexity index is 4370. The highest BCUT2D eigenvalue weighted by atomic mass is 16.2. The minimum Gasteiger partial charge on any atom is -0.355 e. The highest BCUT2D eigenvalue weighted by Crippen LogP contribution is 2.36. The summed E-state index contributed by atoms with van der Waals surface area (Å²) in [5, 5.41) is 2.84. The van der Waals surface area contributed by atoms with Gasteiger partial charge < -0.3 is 25.3 Å². The van der Waals surface area contributed by atoms with Crippen molar-refractivity contribution in [3.63, 3.8) is 0 Å². The molecule has 13 rings (SSSR count). The van der Waals surface area contributed by atoms with Gasteiger partial charge in [0.25, 0.3) is 17.7 Å². The van der Waals surface area contributed by atoms with E-state index >= 15 is 0 Å². The van der Waals surface area contributed by atoms with E-state index in [0.29, 0.717) is 23.4 Å². The maximum absolute atomic E-state index is 13.3. The van der Waals surface area contributed by atoms with E-state index in [1.165, 1.54) is 12.2 Å². The van der Waals surface area contributed by atoms with Crippen molar-refractivity contribution >= 4 is 97.8 Å². The van der Waals surface area contributed by atoms with Gasteiger partial charge >= 0.3 is 0 Å². The van der Waals surface area contributed by atoms with Crippen molar-refractivity contribution in [1.82, 2.24) is 45.1 Å². The second kappa shape index (κ2) is 18.6. The summed E-state index contributed by atoms with van der Waals surface area (Å²) in [6.07, 6.45) is 13.6. The summed E-state index contributed by atoms with van der Waals surface area (Å²) in [4.78, 5) is 68.6. The molecule has 0 spiro atoms. The van der Waals surface area contributed by atoms with Gasteiger partial charge in [-0.25, -0.2) is 9.97 Å². The van der Waals surface area contributed by atoms with Gasteiger partial charge in [0.05, 0.1) is 28.3 Å². The molecule has 11 heterocycles. The van der Waals surface area contributed by atoms with E-state index in [1.807, 2.05) is 42.5 Å². The van der Waals surface area contributed by atoms with Crippen LogP contribution in [0.3, 0.4) is 0 Å². The van der Waals surface area contributed by atoms with Crippen LogP contribution in [0.5, 0.6) is 0 Å². The van der Waals surface area contributed by atoms with Crippen LogP contribution in [0.15, 0.2) is 146 Å². The molecule has 0 unspecified atom stereocenters. The molecule has 0 saturated carbocycles. The van der Waals surface area contributed by atoms with Gasteiger partial charge in [-0.05, 0) is 126 Å². The van der Waals surface area contributed by atoms with Crippen LogP contribution in [0, 0.1) is 11.8 Å². The summed E-state index contributed by atoms with van der Waals surface area (Å²) in [6, 6.07) is 44.8. The lowest BCUT2D eigenvalue weighted by Gasteiger charge is -2.15. The standard InChI is InChI=1S/C64H48N10O3/c1-64(2)37-50-35-56-42(9-6-38-4-7-39(8-5-38)61-53-23-18-45(68-53)31-43-14-16-47(66-43)33-51-21-22-52(73(51)3)34-48-20-25-54(61)70-48)30-57(72-56)62(55-24-19-46(69-55)32-44-15-17-49(67-44)36-58(64)71-50)40-10-12-41(13-11-40)63(77)65-28-29-74-59(75)26-27-60(74)76/h4-5,7-8,10-27,30-36H,28-29,37H2,1-3H3,(H4,65,66,67,68,69,70,71,72,75,76,77)/p+1. The number of aromatic nitrogens is 8. The van der Waals surface area contributed by atoms with E-state index in [0.717, 1.165) is 117 Å². The number of hydrogen-bond acceptors (Lipinski definition) is 6. The summed E-state index contributed by atoms with van der Waals surface area (Å²) in [5.74, 6) is 5.89. The average molecular weight is 1010 g/mol. The molecule has 77 heavy (non-hydrogen) atoms. The van der Waals surface area contributed by atoms with E-state index in [2.05, 4.69) is 172 Å². The fraction of sp³-hybridized carbons (Fsp3) is 0.109. The molecule has 13 nitrogen and oxygen atoms in total. The van der Waals surface area contributed by atoms with Gasteiger partial charge in [0, 0.05) is 139 Å². The molecule has 8 aromatic rings. The van der Waals surface area contributed by atoms with Crippen LogP contribution in [0.25, 0.3) is 102 Å². The zero-order chi connectivity index (χ0) is 52.4. The molecule has 6 aromatic heterocycles. The Morgan fingerprint density at radius 1 is 0.610 bits per heavy atom. The smallest absolute Gasteiger partial charge is 0.253 e. The summed E-state index contributed by atoms with van der Waals surface area (Å²) in [6.45, 7) is 4.62. The lowest BCUT2D eigenvalue weighted by molar-refractivity contribution is -0.672. The third kappa shape index (κ3) is 9.18. The third-order valence-electron chi connectivity index (χ3n) is 14.5. The Morgan fingerprint density at radius 2 is 1.19 bits per heavy atom. The van der Waals surface area contributed by atoms with Crippen molar-refractivity contribution in [2.75, 3.05) is 13.1 Å². The predicted octanol–water partition coefficient (Wildman–Crippen LogP) is 10.8. The lowest BCUT2D eigenvalue weighted by Crippen LogP contribution is -2.38. The number of rotatable bonds is 6. The number of carbonyl (C=O) groups is 3. The van der Waals surface area contributed by atoms with Crippen molar-refractivity contribution in [2.45, 2.75) is 25.7 Å². The predicted molar refractivity (Wildman–Crippen MR) is 304 cm³/mol. The van der Waals surface area contributed by atoms with E-state index in [1.54, 1.807) is 12.1 Å². The molecule has 5 aliphatic rings. The minimum atomic E-state index is -0.390. The molecule has 16 bridgehead atoms. The topological polar surface area (TPSA) is 172 Å². The molecular formula is C64H49N10O3+. The molecule has 3 amide bonds. The first-order chi connectivity index (χ1) is 37.4. The quantitative estimate of drug-likeness (QED) is 0.0630. The van der Waals surface area contributed by atoms with Crippen molar-refractivity contribution in [3.8, 4) is 34.1 Å². The zero-order valence-corrected chi connectivity index (χ0v) is 42.3. The van der Waals surface area contributed by atoms with Crippen LogP contribution in [0.1, 0.15) is 75.3 Å². The molecule has 5 N–H and O–H groups in total. The van der Waals surface area contributed by atoms with Gasteiger partial charge in [0.2, 0.25) is 11.4 Å². The summed E-state index contributed by atoms with van der Waals surface area (Å²) in [7, 11) is 2.07. The number of benzene rings is 2. The monoisotopic (exact) mass is 1010 g/mol. The Balaban J connectivity index is 0.898. The first-order valence-corrected chi connectivity index (χ1v) is 25.5. The van der Waals surface area contributed by atoms with Crippen molar-refractivity contribution in [3.05, 3.63) is 202 Å². The summed E-state index contributed by atoms with van der Waals surface area (Å²) < 4.78 is 2.17. The number of aromatic amines is 4. The SMILES string of the molecule is C[n+]1c2cc3nc(c(-c4ccc(C#CC5=Cc6nc5cc5nc(cc7ccc(cc8ccc([nH]8)c6-c6ccc(C(=O)NCCN8C(=O)C=CC8=O)cc6)[nH]7)C(C)(C)C5)cc4)c4ccc(cc5ccc(cc1C=C2)[nH]5)[nH]4)C=C3. The summed E-state index contributed by atoms with van der Waals surface area (Å²) >= 11 is 0. The van der Waals surface area contributed by atoms with Gasteiger partial charge in [-0.2, -0.15) is 4.57 Å². The van der Waals surface area contributed by atoms with Gasteiger partial charge in [-0.3, -0.25) is 24.3 Å². The van der Waals surface area contributed by atoms with Gasteiger partial charge in [-0.1, -0.05) is 50.0 Å². The molecule has 0 atom stereocenters. The Hall–Kier alpha value is -10.2. The lowest BCUT2D eigenvalue weighted by atomic mass is 9.87. The zero-order valence-electron chi connectivity index (χ0n) is 42.3. The second-order valence-electron chi connectivity index (χ2n) is 20.3. The molecule has 372 valence electrons. The minimum absolute atomic E-state index is 0.0778. The molecule has 13 heteroatoms. The highest BCUT2D eigenvalue weighted by Gasteiger charge is 2.29. The molecule has 0 fully saturated rings. The summed E-state index contributed by atoms with van der Waals surface area (Å²) in [5.41, 5.74) is 20.0. The van der Waals surface area contributed by atoms with Gasteiger partial charge in [-0.15, -0.1) is 0 Å². The number of carbonyl (C=O) groups excluding carboxylic acids is 3. The molecule has 0 radical (unpaired) electrons. The van der Waals surface area contributed by atoms with Crippen LogP contribution in [-0.4, -0.2) is 70.6 Å². The van der Waals surface area contributed by atoms with Crippen LogP contribution in [0.2, 0.25) is 0 Å². The number of amides is 3. The fourth-order valence-corrected chi connectivity index (χ4v) is 10.4. The number of imide groups is 1. The molecule has 2 aromatic carbocycles. The molecular weight excluding hydrogens is 957 g/mol. The van der Waals surface area contributed by atoms with E-state index < -0.39 is 11.8 Å². The van der Waals surface area contributed by atoms with Crippen molar-refractivity contribution in [2.24, 2.45) is 7.05 Å². The largest absolute Gasteiger partial charge is 0.355 e. The van der Waals surface area contributed by atoms with E-state index in [9.17, 15) is 14.4 Å². The number of fused-ring (bicyclic) bond motifs is 16. The number of nitrogens with one attached hydrogen (secondary N) is 5. The maximum atomic E-state index is 13.3. The molecule has 5 aliphatic heterocycles. The number of H-pyrrole nitrogens is 4. The molecule has 0 saturated heterocycles. The van der Waals surface area contributed by atoms with Gasteiger partial charge in [0.1, 0.15) is 7.05 Å². The first-order valence-electron chi connectivity index (χ1n) is 25.5. The maximum Gasteiger partial charge on any atom is 0.253 e. The average Bonchev–Trinajstić information content (AvgIpc) is 4.34. The number of nitrogens with zero attached hydrogens (tertiary/aromatic N) is 5. The van der Waals surface area contributed by atoms with Crippen LogP contribution >= 0.6 is 0 Å². The van der Waals surface area contributed by atoms with Crippen LogP contribution < -0.4 is 9.88 Å². The fourth-order valence-electron chi connectivity index (χ4n) is 10.4. The van der Waals surface area contributed by atoms with E-state index in [-0.39, 0.29) is 24.4 Å². The Morgan fingerprint density at radius 3 is 1.87 bits per heavy atom. The number of allylic oxidation sites excluding steroid dienone is 1. The van der Waals surface area contributed by atoms with Crippen LogP contribution in [0.4, 0.5) is 0 Å². The number of hydrogen-bond donors (Lipinski definition) is 5.